The van der Waals surface area contributed by atoms with Crippen molar-refractivity contribution >= 4 is 66.5 Å². The van der Waals surface area contributed by atoms with E-state index in [2.05, 4.69) is 144 Å². The van der Waals surface area contributed by atoms with Crippen LogP contribution in [-0.4, -0.2) is 94.2 Å². The van der Waals surface area contributed by atoms with Gasteiger partial charge in [-0.1, -0.05) is 19.9 Å². The second-order valence-corrected chi connectivity index (χ2v) is 12.9. The van der Waals surface area contributed by atoms with Crippen molar-refractivity contribution in [2.45, 2.75) is 25.9 Å². The molecule has 2 saturated heterocycles. The maximum absolute atomic E-state index is 4.38. The second kappa shape index (κ2) is 14.2. The topological polar surface area (TPSA) is 88.6 Å². The standard InChI is InChI=1S/C32H38Br2N10/c1-3-41-12-14-43(27-10-8-25(9-11-27)39-31-35-17-23(33)18-36-31)21-29(41)30-22-44(15-13-42(30)4-2)28-7-5-6-26(16-28)40-32-37-19-24(34)20-38-32/h5-11,16-20,29-30H,3-4,12-15,21-22H2,1-2H3,(H,35,36,39)(H,37,38,40). The van der Waals surface area contributed by atoms with Gasteiger partial charge in [0.1, 0.15) is 0 Å². The Morgan fingerprint density at radius 3 is 1.66 bits per heavy atom. The smallest absolute Gasteiger partial charge is 0.227 e. The number of rotatable bonds is 9. The number of hydrogen-bond acceptors (Lipinski definition) is 10. The van der Waals surface area contributed by atoms with Gasteiger partial charge < -0.3 is 20.4 Å². The number of aromatic nitrogens is 4. The lowest BCUT2D eigenvalue weighted by Gasteiger charge is -2.51. The van der Waals surface area contributed by atoms with Crippen molar-refractivity contribution in [1.29, 1.82) is 0 Å². The third kappa shape index (κ3) is 7.31. The van der Waals surface area contributed by atoms with E-state index in [9.17, 15) is 0 Å². The molecule has 6 rings (SSSR count). The quantitative estimate of drug-likeness (QED) is 0.215. The number of nitrogens with one attached hydrogen (secondary N) is 2. The number of anilines is 6. The lowest BCUT2D eigenvalue weighted by molar-refractivity contribution is 0.0671. The third-order valence-corrected chi connectivity index (χ3v) is 9.34. The molecule has 44 heavy (non-hydrogen) atoms. The van der Waals surface area contributed by atoms with Crippen LogP contribution in [0.25, 0.3) is 0 Å². The summed E-state index contributed by atoms with van der Waals surface area (Å²) in [6.07, 6.45) is 7.00. The van der Waals surface area contributed by atoms with Gasteiger partial charge in [-0.25, -0.2) is 19.9 Å². The zero-order valence-corrected chi connectivity index (χ0v) is 28.2. The van der Waals surface area contributed by atoms with Gasteiger partial charge in [-0.05, 0) is 87.4 Å². The van der Waals surface area contributed by atoms with Crippen LogP contribution in [-0.2, 0) is 0 Å². The fraction of sp³-hybridized carbons (Fsp3) is 0.375. The summed E-state index contributed by atoms with van der Waals surface area (Å²) < 4.78 is 1.72. The molecule has 0 radical (unpaired) electrons. The number of likely N-dealkylation sites (N-methyl/N-ethyl adjacent to an activating group) is 2. The summed E-state index contributed by atoms with van der Waals surface area (Å²) in [6.45, 7) is 12.8. The van der Waals surface area contributed by atoms with Crippen LogP contribution in [0.1, 0.15) is 13.8 Å². The summed E-state index contributed by atoms with van der Waals surface area (Å²) in [6, 6.07) is 18.1. The van der Waals surface area contributed by atoms with E-state index in [1.807, 2.05) is 0 Å². The predicted octanol–water partition coefficient (Wildman–Crippen LogP) is 6.00. The van der Waals surface area contributed by atoms with E-state index in [-0.39, 0.29) is 0 Å². The summed E-state index contributed by atoms with van der Waals surface area (Å²) in [5, 5.41) is 6.65. The predicted molar refractivity (Wildman–Crippen MR) is 185 cm³/mol. The first-order valence-corrected chi connectivity index (χ1v) is 16.7. The molecule has 10 nitrogen and oxygen atoms in total. The molecule has 12 heteroatoms. The lowest BCUT2D eigenvalue weighted by atomic mass is 9.97. The van der Waals surface area contributed by atoms with Crippen molar-refractivity contribution in [3.05, 3.63) is 82.3 Å². The highest BCUT2D eigenvalue weighted by molar-refractivity contribution is 9.10. The molecule has 2 aliphatic heterocycles. The van der Waals surface area contributed by atoms with E-state index in [1.165, 1.54) is 11.4 Å². The Kier molecular flexibility index (Phi) is 9.90. The van der Waals surface area contributed by atoms with Crippen LogP contribution < -0.4 is 20.4 Å². The van der Waals surface area contributed by atoms with Crippen LogP contribution in [0.4, 0.5) is 34.6 Å². The minimum Gasteiger partial charge on any atom is -0.369 e. The fourth-order valence-electron chi connectivity index (χ4n) is 6.23. The third-order valence-electron chi connectivity index (χ3n) is 8.52. The number of benzene rings is 2. The van der Waals surface area contributed by atoms with Gasteiger partial charge in [0.25, 0.3) is 0 Å². The summed E-state index contributed by atoms with van der Waals surface area (Å²) >= 11 is 6.80. The first kappa shape index (κ1) is 30.7. The lowest BCUT2D eigenvalue weighted by Crippen LogP contribution is -2.66. The largest absolute Gasteiger partial charge is 0.369 e. The van der Waals surface area contributed by atoms with Crippen molar-refractivity contribution in [1.82, 2.24) is 29.7 Å². The van der Waals surface area contributed by atoms with Crippen LogP contribution in [0.5, 0.6) is 0 Å². The number of halogens is 2. The van der Waals surface area contributed by atoms with E-state index >= 15 is 0 Å². The average molecular weight is 723 g/mol. The summed E-state index contributed by atoms with van der Waals surface area (Å²) in [4.78, 5) is 27.9. The number of nitrogens with zero attached hydrogens (tertiary/aromatic N) is 8. The van der Waals surface area contributed by atoms with Gasteiger partial charge in [-0.2, -0.15) is 0 Å². The molecule has 0 saturated carbocycles. The van der Waals surface area contributed by atoms with Crippen LogP contribution >= 0.6 is 31.9 Å². The van der Waals surface area contributed by atoms with Crippen LogP contribution in [0, 0.1) is 0 Å². The van der Waals surface area contributed by atoms with Gasteiger partial charge in [0, 0.05) is 98.9 Å². The van der Waals surface area contributed by atoms with Crippen molar-refractivity contribution in [2.24, 2.45) is 0 Å². The van der Waals surface area contributed by atoms with E-state index in [0.29, 0.717) is 24.0 Å². The van der Waals surface area contributed by atoms with Crippen molar-refractivity contribution in [2.75, 3.05) is 72.8 Å². The Balaban J connectivity index is 1.16. The molecule has 0 aliphatic carbocycles. The van der Waals surface area contributed by atoms with Gasteiger partial charge in [-0.3, -0.25) is 9.80 Å². The Hall–Kier alpha value is -3.32. The molecule has 0 amide bonds. The molecule has 2 aromatic heterocycles. The van der Waals surface area contributed by atoms with Gasteiger partial charge >= 0.3 is 0 Å². The SMILES string of the molecule is CCN1CCN(c2ccc(Nc3ncc(Br)cn3)cc2)CC1C1CN(c2cccc(Nc3ncc(Br)cn3)c2)CCN1CC. The van der Waals surface area contributed by atoms with Crippen molar-refractivity contribution < 1.29 is 0 Å². The summed E-state index contributed by atoms with van der Waals surface area (Å²) in [7, 11) is 0. The molecule has 230 valence electrons. The second-order valence-electron chi connectivity index (χ2n) is 11.1. The molecule has 4 heterocycles. The van der Waals surface area contributed by atoms with Gasteiger partial charge in [0.2, 0.25) is 11.9 Å². The van der Waals surface area contributed by atoms with Gasteiger partial charge in [-0.15, -0.1) is 0 Å². The first-order chi connectivity index (χ1) is 21.5. The van der Waals surface area contributed by atoms with Crippen molar-refractivity contribution in [3.8, 4) is 0 Å². The average Bonchev–Trinajstić information content (AvgIpc) is 3.07. The highest BCUT2D eigenvalue weighted by atomic mass is 79.9. The molecule has 0 bridgehead atoms. The van der Waals surface area contributed by atoms with E-state index in [0.717, 1.165) is 72.7 Å². The van der Waals surface area contributed by atoms with Crippen LogP contribution in [0.15, 0.2) is 82.3 Å². The Morgan fingerprint density at radius 2 is 1.14 bits per heavy atom. The first-order valence-electron chi connectivity index (χ1n) is 15.2. The molecule has 2 aliphatic rings. The highest BCUT2D eigenvalue weighted by Gasteiger charge is 2.38. The minimum atomic E-state index is 0.415. The van der Waals surface area contributed by atoms with Crippen molar-refractivity contribution in [3.63, 3.8) is 0 Å². The maximum atomic E-state index is 4.38. The maximum Gasteiger partial charge on any atom is 0.227 e. The molecule has 2 fully saturated rings. The summed E-state index contributed by atoms with van der Waals surface area (Å²) in [5.41, 5.74) is 4.44. The Bertz CT molecular complexity index is 1500. The van der Waals surface area contributed by atoms with E-state index in [1.54, 1.807) is 24.8 Å². The van der Waals surface area contributed by atoms with E-state index in [4.69, 9.17) is 0 Å². The fourth-order valence-corrected chi connectivity index (χ4v) is 6.64. The zero-order valence-electron chi connectivity index (χ0n) is 25.1. The van der Waals surface area contributed by atoms with Gasteiger partial charge in [0.15, 0.2) is 0 Å². The Labute approximate surface area is 276 Å². The van der Waals surface area contributed by atoms with Crippen LogP contribution in [0.2, 0.25) is 0 Å². The molecule has 2 N–H and O–H groups in total. The molecule has 2 aromatic carbocycles. The molecular formula is C32H38Br2N10. The molecule has 4 aromatic rings. The van der Waals surface area contributed by atoms with Gasteiger partial charge in [0.05, 0.1) is 8.95 Å². The molecule has 2 unspecified atom stereocenters. The van der Waals surface area contributed by atoms with Crippen LogP contribution in [0.3, 0.4) is 0 Å². The highest BCUT2D eigenvalue weighted by Crippen LogP contribution is 2.29. The Morgan fingerprint density at radius 1 is 0.636 bits per heavy atom. The molecule has 2 atom stereocenters. The zero-order chi connectivity index (χ0) is 30.5. The number of piperazine rings is 2. The minimum absolute atomic E-state index is 0.415. The van der Waals surface area contributed by atoms with E-state index < -0.39 is 0 Å². The summed E-state index contributed by atoms with van der Waals surface area (Å²) in [5.74, 6) is 1.17. The monoisotopic (exact) mass is 720 g/mol. The molecular weight excluding hydrogens is 684 g/mol. The normalized spacial score (nSPS) is 19.6. The number of hydrogen-bond donors (Lipinski definition) is 2. The molecule has 0 spiro atoms.